The van der Waals surface area contributed by atoms with Crippen molar-refractivity contribution in [3.05, 3.63) is 83.4 Å². The van der Waals surface area contributed by atoms with Gasteiger partial charge in [0.2, 0.25) is 5.91 Å². The maximum Gasteiger partial charge on any atom is 0.255 e. The molecule has 0 radical (unpaired) electrons. The Morgan fingerprint density at radius 2 is 1.83 bits per heavy atom. The van der Waals surface area contributed by atoms with E-state index in [1.54, 1.807) is 19.1 Å². The molecule has 4 rings (SSSR count). The fourth-order valence-corrected chi connectivity index (χ4v) is 4.72. The summed E-state index contributed by atoms with van der Waals surface area (Å²) in [5, 5.41) is 3.03. The molecule has 1 N–H and O–H groups in total. The Hall–Kier alpha value is -3.48. The molecule has 0 spiro atoms. The van der Waals surface area contributed by atoms with Gasteiger partial charge in [0.05, 0.1) is 6.61 Å². The van der Waals surface area contributed by atoms with Crippen LogP contribution in [0.4, 0.5) is 11.4 Å². The number of methoxy groups -OCH3 is 1. The fourth-order valence-electron chi connectivity index (χ4n) is 4.72. The molecular weight excluding hydrogens is 450 g/mol. The quantitative estimate of drug-likeness (QED) is 0.419. The van der Waals surface area contributed by atoms with Crippen LogP contribution in [0, 0.1) is 0 Å². The van der Waals surface area contributed by atoms with Crippen molar-refractivity contribution in [3.8, 4) is 11.1 Å². The van der Waals surface area contributed by atoms with Crippen LogP contribution in [-0.4, -0.2) is 50.6 Å². The van der Waals surface area contributed by atoms with E-state index in [-0.39, 0.29) is 11.8 Å². The minimum absolute atomic E-state index is 0.0947. The third-order valence-electron chi connectivity index (χ3n) is 6.68. The van der Waals surface area contributed by atoms with Crippen molar-refractivity contribution < 1.29 is 14.3 Å². The molecule has 0 fully saturated rings. The van der Waals surface area contributed by atoms with E-state index in [2.05, 4.69) is 29.3 Å². The largest absolute Gasteiger partial charge is 0.383 e. The van der Waals surface area contributed by atoms with Crippen LogP contribution < -0.4 is 10.2 Å². The smallest absolute Gasteiger partial charge is 0.255 e. The Bertz CT molecular complexity index is 1210. The van der Waals surface area contributed by atoms with E-state index in [1.807, 2.05) is 54.6 Å². The Balaban J connectivity index is 1.61. The lowest BCUT2D eigenvalue weighted by atomic mass is 9.96. The zero-order chi connectivity index (χ0) is 25.5. The molecule has 0 bridgehead atoms. The number of anilines is 2. The van der Waals surface area contributed by atoms with E-state index >= 15 is 0 Å². The monoisotopic (exact) mass is 485 g/mol. The van der Waals surface area contributed by atoms with Crippen molar-refractivity contribution >= 4 is 23.2 Å². The summed E-state index contributed by atoms with van der Waals surface area (Å²) in [7, 11) is 3.50. The number of hydrogen-bond acceptors (Lipinski definition) is 4. The van der Waals surface area contributed by atoms with Gasteiger partial charge in [-0.3, -0.25) is 14.5 Å². The van der Waals surface area contributed by atoms with Crippen molar-refractivity contribution in [2.24, 2.45) is 0 Å². The molecule has 0 atom stereocenters. The van der Waals surface area contributed by atoms with E-state index in [1.165, 1.54) is 0 Å². The lowest BCUT2D eigenvalue weighted by Crippen LogP contribution is -2.31. The number of nitrogens with one attached hydrogen (secondary N) is 1. The summed E-state index contributed by atoms with van der Waals surface area (Å²) < 4.78 is 5.32. The molecule has 0 saturated heterocycles. The molecule has 0 saturated carbocycles. The zero-order valence-corrected chi connectivity index (χ0v) is 21.4. The maximum absolute atomic E-state index is 13.3. The summed E-state index contributed by atoms with van der Waals surface area (Å²) in [4.78, 5) is 29.4. The molecule has 6 heteroatoms. The SMILES string of the molecule is CCCN(CCOC)Cc1cc(C(=O)Nc2ccc3c(c2)N(C)C(=O)CC3)ccc1-c1ccccc1. The number of aryl methyl sites for hydroxylation is 1. The minimum Gasteiger partial charge on any atom is -0.383 e. The van der Waals surface area contributed by atoms with E-state index in [4.69, 9.17) is 4.74 Å². The molecule has 2 amide bonds. The maximum atomic E-state index is 13.3. The molecule has 3 aromatic carbocycles. The fraction of sp³-hybridized carbons (Fsp3) is 0.333. The number of rotatable bonds is 10. The summed E-state index contributed by atoms with van der Waals surface area (Å²) in [6.07, 6.45) is 2.29. The number of ether oxygens (including phenoxy) is 1. The van der Waals surface area contributed by atoms with Crippen LogP contribution >= 0.6 is 0 Å². The van der Waals surface area contributed by atoms with E-state index in [0.717, 1.165) is 60.4 Å². The highest BCUT2D eigenvalue weighted by atomic mass is 16.5. The number of carbonyl (C=O) groups is 2. The highest BCUT2D eigenvalue weighted by Gasteiger charge is 2.21. The van der Waals surface area contributed by atoms with Crippen molar-refractivity contribution in [1.82, 2.24) is 4.90 Å². The molecule has 188 valence electrons. The summed E-state index contributed by atoms with van der Waals surface area (Å²) in [6.45, 7) is 5.35. The van der Waals surface area contributed by atoms with Crippen molar-refractivity contribution in [2.75, 3.05) is 44.1 Å². The van der Waals surface area contributed by atoms with Gasteiger partial charge in [-0.1, -0.05) is 49.4 Å². The average Bonchev–Trinajstić information content (AvgIpc) is 2.90. The molecule has 1 aliphatic rings. The van der Waals surface area contributed by atoms with Gasteiger partial charge in [0.15, 0.2) is 0 Å². The van der Waals surface area contributed by atoms with Crippen LogP contribution in [0.2, 0.25) is 0 Å². The van der Waals surface area contributed by atoms with Gasteiger partial charge in [-0.15, -0.1) is 0 Å². The van der Waals surface area contributed by atoms with Gasteiger partial charge in [-0.2, -0.15) is 0 Å². The number of benzene rings is 3. The van der Waals surface area contributed by atoms with Crippen LogP contribution in [0.15, 0.2) is 66.7 Å². The van der Waals surface area contributed by atoms with Crippen LogP contribution in [0.3, 0.4) is 0 Å². The first-order valence-corrected chi connectivity index (χ1v) is 12.6. The molecule has 0 unspecified atom stereocenters. The standard InChI is InChI=1S/C30H35N3O3/c1-4-16-33(17-18-36-3)21-25-19-24(11-14-27(25)22-8-6-5-7-9-22)30(35)31-26-13-10-23-12-15-29(34)32(2)28(23)20-26/h5-11,13-14,19-20H,4,12,15-18,21H2,1-3H3,(H,31,35). The number of nitrogens with zero attached hydrogens (tertiary/aromatic N) is 2. The van der Waals surface area contributed by atoms with Gasteiger partial charge < -0.3 is 15.0 Å². The normalized spacial score (nSPS) is 13.1. The second-order valence-electron chi connectivity index (χ2n) is 9.26. The number of amides is 2. The summed E-state index contributed by atoms with van der Waals surface area (Å²) in [5.41, 5.74) is 6.63. The molecular formula is C30H35N3O3. The summed E-state index contributed by atoms with van der Waals surface area (Å²) in [5.74, 6) is -0.0724. The van der Waals surface area contributed by atoms with Gasteiger partial charge in [0, 0.05) is 50.6 Å². The number of hydrogen-bond donors (Lipinski definition) is 1. The average molecular weight is 486 g/mol. The van der Waals surface area contributed by atoms with Gasteiger partial charge in [0.1, 0.15) is 0 Å². The third kappa shape index (κ3) is 6.01. The van der Waals surface area contributed by atoms with Crippen LogP contribution in [-0.2, 0) is 22.5 Å². The first kappa shape index (κ1) is 25.6. The second kappa shape index (κ2) is 12.0. The molecule has 1 heterocycles. The molecule has 6 nitrogen and oxygen atoms in total. The van der Waals surface area contributed by atoms with Gasteiger partial charge in [-0.05, 0) is 65.9 Å². The predicted molar refractivity (Wildman–Crippen MR) is 145 cm³/mol. The lowest BCUT2D eigenvalue weighted by Gasteiger charge is -2.26. The van der Waals surface area contributed by atoms with Crippen molar-refractivity contribution in [2.45, 2.75) is 32.7 Å². The molecule has 36 heavy (non-hydrogen) atoms. The Labute approximate surface area is 213 Å². The van der Waals surface area contributed by atoms with Crippen LogP contribution in [0.1, 0.15) is 41.3 Å². The summed E-state index contributed by atoms with van der Waals surface area (Å²) >= 11 is 0. The van der Waals surface area contributed by atoms with Crippen LogP contribution in [0.25, 0.3) is 11.1 Å². The van der Waals surface area contributed by atoms with Gasteiger partial charge >= 0.3 is 0 Å². The first-order chi connectivity index (χ1) is 17.5. The van der Waals surface area contributed by atoms with Crippen LogP contribution in [0.5, 0.6) is 0 Å². The minimum atomic E-state index is -0.167. The molecule has 0 aromatic heterocycles. The molecule has 1 aliphatic heterocycles. The van der Waals surface area contributed by atoms with Crippen molar-refractivity contribution in [3.63, 3.8) is 0 Å². The molecule has 0 aliphatic carbocycles. The Morgan fingerprint density at radius 1 is 1.03 bits per heavy atom. The van der Waals surface area contributed by atoms with Crippen molar-refractivity contribution in [1.29, 1.82) is 0 Å². The lowest BCUT2D eigenvalue weighted by molar-refractivity contribution is -0.118. The third-order valence-corrected chi connectivity index (χ3v) is 6.68. The van der Waals surface area contributed by atoms with E-state index in [0.29, 0.717) is 24.3 Å². The predicted octanol–water partition coefficient (Wildman–Crippen LogP) is 5.37. The van der Waals surface area contributed by atoms with Gasteiger partial charge in [0.25, 0.3) is 5.91 Å². The topological polar surface area (TPSA) is 61.9 Å². The van der Waals surface area contributed by atoms with E-state index in [9.17, 15) is 9.59 Å². The first-order valence-electron chi connectivity index (χ1n) is 12.6. The Kier molecular flexibility index (Phi) is 8.52. The second-order valence-corrected chi connectivity index (χ2v) is 9.26. The summed E-state index contributed by atoms with van der Waals surface area (Å²) in [6, 6.07) is 22.0. The Morgan fingerprint density at radius 3 is 2.58 bits per heavy atom. The molecule has 3 aromatic rings. The number of carbonyl (C=O) groups excluding carboxylic acids is 2. The highest BCUT2D eigenvalue weighted by molar-refractivity contribution is 6.05. The van der Waals surface area contributed by atoms with Gasteiger partial charge in [-0.25, -0.2) is 0 Å². The highest BCUT2D eigenvalue weighted by Crippen LogP contribution is 2.30. The number of fused-ring (bicyclic) bond motifs is 1. The zero-order valence-electron chi connectivity index (χ0n) is 21.4. The van der Waals surface area contributed by atoms with E-state index < -0.39 is 0 Å².